The summed E-state index contributed by atoms with van der Waals surface area (Å²) < 4.78 is 0. The number of anilines is 1. The average Bonchev–Trinajstić information content (AvgIpc) is 2.35. The van der Waals surface area contributed by atoms with Gasteiger partial charge in [-0.05, 0) is 42.9 Å². The molecule has 0 saturated heterocycles. The molecule has 1 aromatic rings. The van der Waals surface area contributed by atoms with Crippen molar-refractivity contribution >= 4 is 23.4 Å². The predicted molar refractivity (Wildman–Crippen MR) is 66.5 cm³/mol. The molecule has 1 aliphatic rings. The number of hydrogen-bond donors (Lipinski definition) is 0. The van der Waals surface area contributed by atoms with Crippen molar-refractivity contribution in [1.29, 1.82) is 0 Å². The highest BCUT2D eigenvalue weighted by Gasteiger charge is 2.17. The zero-order valence-electron chi connectivity index (χ0n) is 9.62. The van der Waals surface area contributed by atoms with Gasteiger partial charge in [-0.2, -0.15) is 0 Å². The van der Waals surface area contributed by atoms with Gasteiger partial charge in [0.05, 0.1) is 0 Å². The van der Waals surface area contributed by atoms with Crippen LogP contribution in [0.3, 0.4) is 0 Å². The Morgan fingerprint density at radius 3 is 2.82 bits per heavy atom. The fraction of sp³-hybridized carbons (Fsp3) is 0.462. The van der Waals surface area contributed by atoms with E-state index in [1.807, 2.05) is 12.1 Å². The molecule has 0 radical (unpaired) electrons. The van der Waals surface area contributed by atoms with Gasteiger partial charge in [0.2, 0.25) is 0 Å². The van der Waals surface area contributed by atoms with Crippen LogP contribution < -0.4 is 10.0 Å². The first-order valence-corrected chi connectivity index (χ1v) is 6.42. The number of carbonyl (C=O) groups excluding carboxylic acids is 1. The summed E-state index contributed by atoms with van der Waals surface area (Å²) in [6.45, 7) is 0.278. The minimum absolute atomic E-state index is 0.275. The molecule has 0 bridgehead atoms. The highest BCUT2D eigenvalue weighted by atomic mass is 35.5. The first-order chi connectivity index (χ1) is 8.24. The minimum atomic E-state index is -1.18. The molecule has 0 N–H and O–H groups in total. The summed E-state index contributed by atoms with van der Waals surface area (Å²) in [6, 6.07) is 5.82. The van der Waals surface area contributed by atoms with Gasteiger partial charge in [-0.25, -0.2) is 0 Å². The van der Waals surface area contributed by atoms with E-state index in [2.05, 4.69) is 6.07 Å². The average molecular weight is 253 g/mol. The van der Waals surface area contributed by atoms with Gasteiger partial charge in [0.15, 0.2) is 0 Å². The normalized spacial score (nSPS) is 14.2. The van der Waals surface area contributed by atoms with Crippen molar-refractivity contribution in [2.45, 2.75) is 25.7 Å². The molecule has 0 heterocycles. The quantitative estimate of drug-likeness (QED) is 0.772. The van der Waals surface area contributed by atoms with Gasteiger partial charge in [-0.15, -0.1) is 11.6 Å². The topological polar surface area (TPSA) is 43.4 Å². The summed E-state index contributed by atoms with van der Waals surface area (Å²) in [4.78, 5) is 12.4. The van der Waals surface area contributed by atoms with Crippen molar-refractivity contribution in [3.05, 3.63) is 29.3 Å². The third-order valence-electron chi connectivity index (χ3n) is 3.19. The molecule has 0 atom stereocenters. The summed E-state index contributed by atoms with van der Waals surface area (Å²) >= 11 is 5.64. The van der Waals surface area contributed by atoms with Crippen LogP contribution >= 0.6 is 11.6 Å². The number of aryl methyl sites for hydroxylation is 1. The number of benzene rings is 1. The van der Waals surface area contributed by atoms with E-state index >= 15 is 0 Å². The SMILES string of the molecule is O=C([O-])N(CCCl)c1cccc2c1CCCC2. The molecule has 0 unspecified atom stereocenters. The number of carboxylic acid groups (broad SMARTS) is 1. The predicted octanol–water partition coefficient (Wildman–Crippen LogP) is 1.95. The number of rotatable bonds is 3. The fourth-order valence-electron chi connectivity index (χ4n) is 2.41. The second-order valence-electron chi connectivity index (χ2n) is 4.23. The Hall–Kier alpha value is -1.22. The van der Waals surface area contributed by atoms with Gasteiger partial charge in [0.1, 0.15) is 6.09 Å². The number of nitrogens with zero attached hydrogens (tertiary/aromatic N) is 1. The lowest BCUT2D eigenvalue weighted by Gasteiger charge is -2.29. The summed E-state index contributed by atoms with van der Waals surface area (Å²) in [5.74, 6) is 0.275. The molecule has 3 nitrogen and oxygen atoms in total. The van der Waals surface area contributed by atoms with Crippen LogP contribution in [0, 0.1) is 0 Å². The molecule has 92 valence electrons. The Kier molecular flexibility index (Phi) is 3.89. The van der Waals surface area contributed by atoms with Gasteiger partial charge in [-0.3, -0.25) is 0 Å². The number of carbonyl (C=O) groups is 1. The molecule has 1 amide bonds. The van der Waals surface area contributed by atoms with E-state index < -0.39 is 6.09 Å². The van der Waals surface area contributed by atoms with Crippen LogP contribution in [0.2, 0.25) is 0 Å². The maximum Gasteiger partial charge on any atom is 0.141 e. The van der Waals surface area contributed by atoms with Crippen LogP contribution in [0.1, 0.15) is 24.0 Å². The molecule has 0 aliphatic heterocycles. The van der Waals surface area contributed by atoms with Crippen LogP contribution in [0.5, 0.6) is 0 Å². The number of hydrogen-bond acceptors (Lipinski definition) is 2. The Bertz CT molecular complexity index is 420. The lowest BCUT2D eigenvalue weighted by molar-refractivity contribution is -0.246. The summed E-state index contributed by atoms with van der Waals surface area (Å²) in [6.07, 6.45) is 3.09. The van der Waals surface area contributed by atoms with E-state index in [1.165, 1.54) is 16.9 Å². The standard InChI is InChI=1S/C13H16ClNO2/c14-8-9-15(13(16)17)12-7-3-5-10-4-1-2-6-11(10)12/h3,5,7H,1-2,4,6,8-9H2,(H,16,17)/p-1. The molecular formula is C13H15ClNO2-. The Morgan fingerprint density at radius 1 is 1.35 bits per heavy atom. The van der Waals surface area contributed by atoms with E-state index in [-0.39, 0.29) is 12.4 Å². The van der Waals surface area contributed by atoms with Gasteiger partial charge >= 0.3 is 0 Å². The lowest BCUT2D eigenvalue weighted by atomic mass is 9.90. The van der Waals surface area contributed by atoms with Crippen molar-refractivity contribution in [1.82, 2.24) is 0 Å². The van der Waals surface area contributed by atoms with Gasteiger partial charge in [-0.1, -0.05) is 12.1 Å². The van der Waals surface area contributed by atoms with Crippen LogP contribution in [0.15, 0.2) is 18.2 Å². The number of fused-ring (bicyclic) bond motifs is 1. The van der Waals surface area contributed by atoms with E-state index in [0.29, 0.717) is 0 Å². The van der Waals surface area contributed by atoms with Crippen molar-refractivity contribution in [3.8, 4) is 0 Å². The highest BCUT2D eigenvalue weighted by Crippen LogP contribution is 2.30. The monoisotopic (exact) mass is 252 g/mol. The molecular weight excluding hydrogens is 238 g/mol. The second-order valence-corrected chi connectivity index (χ2v) is 4.61. The van der Waals surface area contributed by atoms with Crippen molar-refractivity contribution in [2.24, 2.45) is 0 Å². The van der Waals surface area contributed by atoms with E-state index in [4.69, 9.17) is 11.6 Å². The lowest BCUT2D eigenvalue weighted by Crippen LogP contribution is -2.43. The molecule has 0 aromatic heterocycles. The smallest absolute Gasteiger partial charge is 0.141 e. The molecule has 4 heteroatoms. The Balaban J connectivity index is 2.39. The second kappa shape index (κ2) is 5.41. The maximum atomic E-state index is 11.1. The van der Waals surface area contributed by atoms with Crippen molar-refractivity contribution in [2.75, 3.05) is 17.3 Å². The number of alkyl halides is 1. The largest absolute Gasteiger partial charge is 0.530 e. The zero-order chi connectivity index (χ0) is 12.3. The molecule has 0 saturated carbocycles. The van der Waals surface area contributed by atoms with Crippen LogP contribution in [0.25, 0.3) is 0 Å². The molecule has 2 rings (SSSR count). The molecule has 0 spiro atoms. The van der Waals surface area contributed by atoms with Crippen LogP contribution in [-0.4, -0.2) is 18.5 Å². The number of halogens is 1. The Morgan fingerprint density at radius 2 is 2.12 bits per heavy atom. The zero-order valence-corrected chi connectivity index (χ0v) is 10.4. The van der Waals surface area contributed by atoms with Crippen molar-refractivity contribution < 1.29 is 9.90 Å². The first-order valence-electron chi connectivity index (χ1n) is 5.89. The molecule has 17 heavy (non-hydrogen) atoms. The van der Waals surface area contributed by atoms with E-state index in [1.54, 1.807) is 0 Å². The highest BCUT2D eigenvalue weighted by molar-refractivity contribution is 6.18. The maximum absolute atomic E-state index is 11.1. The molecule has 1 aromatic carbocycles. The third-order valence-corrected chi connectivity index (χ3v) is 3.36. The van der Waals surface area contributed by atoms with Crippen LogP contribution in [-0.2, 0) is 12.8 Å². The third kappa shape index (κ3) is 2.55. The number of amides is 1. The molecule has 1 aliphatic carbocycles. The fourth-order valence-corrected chi connectivity index (χ4v) is 2.58. The van der Waals surface area contributed by atoms with Gasteiger partial charge < -0.3 is 14.8 Å². The molecule has 0 fully saturated rings. The first kappa shape index (κ1) is 12.2. The Labute approximate surface area is 106 Å². The minimum Gasteiger partial charge on any atom is -0.530 e. The van der Waals surface area contributed by atoms with Gasteiger partial charge in [0.25, 0.3) is 0 Å². The van der Waals surface area contributed by atoms with Crippen molar-refractivity contribution in [3.63, 3.8) is 0 Å². The van der Waals surface area contributed by atoms with E-state index in [9.17, 15) is 9.90 Å². The van der Waals surface area contributed by atoms with Crippen LogP contribution in [0.4, 0.5) is 10.5 Å². The summed E-state index contributed by atoms with van der Waals surface area (Å²) in [7, 11) is 0. The van der Waals surface area contributed by atoms with Gasteiger partial charge in [0, 0.05) is 18.1 Å². The summed E-state index contributed by atoms with van der Waals surface area (Å²) in [5, 5.41) is 11.1. The van der Waals surface area contributed by atoms with E-state index in [0.717, 1.165) is 30.5 Å². The summed E-state index contributed by atoms with van der Waals surface area (Å²) in [5.41, 5.74) is 3.16.